The first-order valence-corrected chi connectivity index (χ1v) is 8.22. The minimum atomic E-state index is 0.143. The van der Waals surface area contributed by atoms with Gasteiger partial charge >= 0.3 is 0 Å². The molecule has 3 nitrogen and oxygen atoms in total. The average molecular weight is 290 g/mol. The van der Waals surface area contributed by atoms with Gasteiger partial charge in [0.1, 0.15) is 0 Å². The van der Waals surface area contributed by atoms with Crippen LogP contribution in [0.15, 0.2) is 30.3 Å². The van der Waals surface area contributed by atoms with Crippen LogP contribution in [0.2, 0.25) is 0 Å². The monoisotopic (exact) mass is 290 g/mol. The lowest BCUT2D eigenvalue weighted by Gasteiger charge is -2.40. The van der Waals surface area contributed by atoms with Crippen LogP contribution < -0.4 is 5.32 Å². The highest BCUT2D eigenvalue weighted by atomic mass is 16.5. The van der Waals surface area contributed by atoms with E-state index in [9.17, 15) is 0 Å². The number of ether oxygens (including phenoxy) is 1. The summed E-state index contributed by atoms with van der Waals surface area (Å²) in [6.07, 6.45) is 2.87. The number of likely N-dealkylation sites (N-methyl/N-ethyl adjacent to an activating group) is 1. The Hall–Kier alpha value is -0.900. The van der Waals surface area contributed by atoms with Gasteiger partial charge in [0.25, 0.3) is 0 Å². The highest BCUT2D eigenvalue weighted by Gasteiger charge is 2.31. The highest BCUT2D eigenvalue weighted by Crippen LogP contribution is 2.26. The molecule has 0 radical (unpaired) electrons. The largest absolute Gasteiger partial charge is 0.377 e. The molecule has 118 valence electrons. The number of nitrogens with one attached hydrogen (secondary N) is 1. The van der Waals surface area contributed by atoms with Crippen LogP contribution in [0.3, 0.4) is 0 Å². The predicted octanol–water partition coefficient (Wildman–Crippen LogP) is 2.66. The number of hydrogen-bond acceptors (Lipinski definition) is 3. The number of likely N-dealkylation sites (tertiary alicyclic amines) is 1. The molecule has 0 aliphatic carbocycles. The van der Waals surface area contributed by atoms with Crippen molar-refractivity contribution in [3.05, 3.63) is 35.9 Å². The Kier molecular flexibility index (Phi) is 6.22. The molecule has 2 atom stereocenters. The zero-order valence-electron chi connectivity index (χ0n) is 13.8. The van der Waals surface area contributed by atoms with Crippen LogP contribution in [-0.2, 0) is 10.2 Å². The normalized spacial score (nSPS) is 22.9. The lowest BCUT2D eigenvalue weighted by Crippen LogP contribution is -2.49. The van der Waals surface area contributed by atoms with E-state index in [0.717, 1.165) is 26.2 Å². The van der Waals surface area contributed by atoms with E-state index >= 15 is 0 Å². The van der Waals surface area contributed by atoms with Crippen LogP contribution >= 0.6 is 0 Å². The highest BCUT2D eigenvalue weighted by molar-refractivity contribution is 5.25. The predicted molar refractivity (Wildman–Crippen MR) is 88.8 cm³/mol. The number of nitrogens with zero attached hydrogens (tertiary/aromatic N) is 1. The summed E-state index contributed by atoms with van der Waals surface area (Å²) in [5.41, 5.74) is 1.56. The lowest BCUT2D eigenvalue weighted by atomic mass is 9.81. The standard InChI is InChI=1S/C18H30N2O/c1-4-21-17-11-8-12-20(13-17)15-18(2,14-19-3)16-9-6-5-7-10-16/h5-7,9-10,17,19H,4,8,11-15H2,1-3H3. The van der Waals surface area contributed by atoms with Gasteiger partial charge in [-0.15, -0.1) is 0 Å². The van der Waals surface area contributed by atoms with Crippen molar-refractivity contribution < 1.29 is 4.74 Å². The first kappa shape index (κ1) is 16.5. The van der Waals surface area contributed by atoms with Crippen molar-refractivity contribution in [2.75, 3.05) is 39.8 Å². The molecule has 3 heteroatoms. The van der Waals surface area contributed by atoms with Gasteiger partial charge in [0.05, 0.1) is 6.10 Å². The summed E-state index contributed by atoms with van der Waals surface area (Å²) in [6, 6.07) is 10.9. The fourth-order valence-corrected chi connectivity index (χ4v) is 3.50. The van der Waals surface area contributed by atoms with Gasteiger partial charge in [0.15, 0.2) is 0 Å². The Morgan fingerprint density at radius 2 is 2.10 bits per heavy atom. The molecule has 1 heterocycles. The first-order valence-electron chi connectivity index (χ1n) is 8.22. The van der Waals surface area contributed by atoms with Gasteiger partial charge in [-0.05, 0) is 38.9 Å². The number of rotatable bonds is 7. The molecule has 1 aliphatic rings. The third kappa shape index (κ3) is 4.53. The first-order chi connectivity index (χ1) is 10.2. The van der Waals surface area contributed by atoms with Crippen LogP contribution in [0.4, 0.5) is 0 Å². The molecule has 1 fully saturated rings. The molecular weight excluding hydrogens is 260 g/mol. The molecule has 1 N–H and O–H groups in total. The van der Waals surface area contributed by atoms with E-state index in [1.54, 1.807) is 0 Å². The zero-order valence-corrected chi connectivity index (χ0v) is 13.8. The SMILES string of the molecule is CCOC1CCCN(CC(C)(CNC)c2ccccc2)C1. The van der Waals surface area contributed by atoms with E-state index in [-0.39, 0.29) is 5.41 Å². The van der Waals surface area contributed by atoms with Crippen molar-refractivity contribution in [3.8, 4) is 0 Å². The molecule has 1 aliphatic heterocycles. The summed E-state index contributed by atoms with van der Waals surface area (Å²) in [5, 5.41) is 3.37. The third-order valence-electron chi connectivity index (χ3n) is 4.47. The summed E-state index contributed by atoms with van der Waals surface area (Å²) in [5.74, 6) is 0. The molecule has 0 amide bonds. The number of piperidine rings is 1. The van der Waals surface area contributed by atoms with Crippen molar-refractivity contribution in [2.24, 2.45) is 0 Å². The summed E-state index contributed by atoms with van der Waals surface area (Å²) < 4.78 is 5.84. The van der Waals surface area contributed by atoms with Crippen LogP contribution in [0.5, 0.6) is 0 Å². The van der Waals surface area contributed by atoms with Gasteiger partial charge in [0.2, 0.25) is 0 Å². The smallest absolute Gasteiger partial charge is 0.0702 e. The topological polar surface area (TPSA) is 24.5 Å². The van der Waals surface area contributed by atoms with Crippen molar-refractivity contribution in [1.82, 2.24) is 10.2 Å². The second-order valence-electron chi connectivity index (χ2n) is 6.41. The number of hydrogen-bond donors (Lipinski definition) is 1. The Morgan fingerprint density at radius 3 is 2.76 bits per heavy atom. The molecule has 1 aromatic carbocycles. The Labute approximate surface area is 129 Å². The van der Waals surface area contributed by atoms with Gasteiger partial charge in [-0.25, -0.2) is 0 Å². The Balaban J connectivity index is 2.05. The van der Waals surface area contributed by atoms with Gasteiger partial charge < -0.3 is 10.1 Å². The molecule has 1 aromatic rings. The molecule has 2 unspecified atom stereocenters. The van der Waals surface area contributed by atoms with Gasteiger partial charge in [-0.3, -0.25) is 4.90 Å². The van der Waals surface area contributed by atoms with E-state index in [4.69, 9.17) is 4.74 Å². The Morgan fingerprint density at radius 1 is 1.33 bits per heavy atom. The van der Waals surface area contributed by atoms with E-state index in [2.05, 4.69) is 54.4 Å². The summed E-state index contributed by atoms with van der Waals surface area (Å²) >= 11 is 0. The summed E-state index contributed by atoms with van der Waals surface area (Å²) in [6.45, 7) is 9.62. The fourth-order valence-electron chi connectivity index (χ4n) is 3.50. The van der Waals surface area contributed by atoms with Crippen molar-refractivity contribution >= 4 is 0 Å². The minimum Gasteiger partial charge on any atom is -0.377 e. The molecule has 0 spiro atoms. The van der Waals surface area contributed by atoms with Crippen molar-refractivity contribution in [2.45, 2.75) is 38.2 Å². The maximum Gasteiger partial charge on any atom is 0.0702 e. The molecular formula is C18H30N2O. The van der Waals surface area contributed by atoms with Crippen LogP contribution in [0.25, 0.3) is 0 Å². The average Bonchev–Trinajstić information content (AvgIpc) is 2.49. The molecule has 0 aromatic heterocycles. The van der Waals surface area contributed by atoms with Crippen molar-refractivity contribution in [1.29, 1.82) is 0 Å². The molecule has 21 heavy (non-hydrogen) atoms. The van der Waals surface area contributed by atoms with Crippen LogP contribution in [0.1, 0.15) is 32.3 Å². The maximum atomic E-state index is 5.84. The molecule has 1 saturated heterocycles. The third-order valence-corrected chi connectivity index (χ3v) is 4.47. The van der Waals surface area contributed by atoms with Gasteiger partial charge in [-0.2, -0.15) is 0 Å². The minimum absolute atomic E-state index is 0.143. The quantitative estimate of drug-likeness (QED) is 0.835. The molecule has 2 rings (SSSR count). The Bertz CT molecular complexity index is 407. The fraction of sp³-hybridized carbons (Fsp3) is 0.667. The summed E-state index contributed by atoms with van der Waals surface area (Å²) in [7, 11) is 2.04. The van der Waals surface area contributed by atoms with Gasteiger partial charge in [-0.1, -0.05) is 37.3 Å². The van der Waals surface area contributed by atoms with Crippen molar-refractivity contribution in [3.63, 3.8) is 0 Å². The van der Waals surface area contributed by atoms with E-state index < -0.39 is 0 Å². The van der Waals surface area contributed by atoms with Crippen LogP contribution in [-0.4, -0.2) is 50.8 Å². The second kappa shape index (κ2) is 7.92. The molecule has 0 saturated carbocycles. The maximum absolute atomic E-state index is 5.84. The zero-order chi connectivity index (χ0) is 15.1. The second-order valence-corrected chi connectivity index (χ2v) is 6.41. The summed E-state index contributed by atoms with van der Waals surface area (Å²) in [4.78, 5) is 2.58. The van der Waals surface area contributed by atoms with Crippen LogP contribution in [0, 0.1) is 0 Å². The van der Waals surface area contributed by atoms with E-state index in [0.29, 0.717) is 6.10 Å². The molecule has 0 bridgehead atoms. The number of benzene rings is 1. The van der Waals surface area contributed by atoms with Gasteiger partial charge in [0, 0.05) is 31.7 Å². The van der Waals surface area contributed by atoms with E-state index in [1.165, 1.54) is 24.9 Å². The van der Waals surface area contributed by atoms with E-state index in [1.807, 2.05) is 7.05 Å². The lowest BCUT2D eigenvalue weighted by molar-refractivity contribution is 0.000459.